The van der Waals surface area contributed by atoms with Crippen LogP contribution in [0.3, 0.4) is 0 Å². The zero-order chi connectivity index (χ0) is 22.6. The summed E-state index contributed by atoms with van der Waals surface area (Å²) in [7, 11) is 0. The smallest absolute Gasteiger partial charge is 0.335 e. The maximum atomic E-state index is 11.7. The minimum atomic E-state index is -1.80. The van der Waals surface area contributed by atoms with Crippen molar-refractivity contribution in [3.05, 3.63) is 23.8 Å². The SMILES string of the molecule is CC(C)Nc1cc(COC(=O)C(C)C)ccc1O[C@H]1O[C@@H](C(=O)O)[C@H](O)[C@@H](O)[C@@H]1O. The fourth-order valence-electron chi connectivity index (χ4n) is 2.79. The number of carbonyl (C=O) groups is 2. The van der Waals surface area contributed by atoms with Crippen LogP contribution in [0.15, 0.2) is 18.2 Å². The fourth-order valence-corrected chi connectivity index (χ4v) is 2.79. The van der Waals surface area contributed by atoms with Gasteiger partial charge in [0.05, 0.1) is 11.6 Å². The first kappa shape index (κ1) is 23.9. The lowest BCUT2D eigenvalue weighted by Gasteiger charge is -2.38. The van der Waals surface area contributed by atoms with Gasteiger partial charge in [0.1, 0.15) is 30.7 Å². The highest BCUT2D eigenvalue weighted by Gasteiger charge is 2.48. The first-order valence-electron chi connectivity index (χ1n) is 9.66. The average molecular weight is 427 g/mol. The van der Waals surface area contributed by atoms with E-state index >= 15 is 0 Å². The minimum Gasteiger partial charge on any atom is -0.479 e. The first-order chi connectivity index (χ1) is 14.0. The van der Waals surface area contributed by atoms with E-state index in [0.29, 0.717) is 11.3 Å². The van der Waals surface area contributed by atoms with Crippen LogP contribution in [-0.2, 0) is 25.7 Å². The van der Waals surface area contributed by atoms with Gasteiger partial charge in [-0.2, -0.15) is 0 Å². The van der Waals surface area contributed by atoms with E-state index in [-0.39, 0.29) is 30.3 Å². The van der Waals surface area contributed by atoms with Crippen LogP contribution in [0.4, 0.5) is 5.69 Å². The Labute approximate surface area is 174 Å². The molecule has 0 aromatic heterocycles. The number of benzene rings is 1. The zero-order valence-electron chi connectivity index (χ0n) is 17.3. The number of carboxylic acids is 1. The van der Waals surface area contributed by atoms with E-state index in [9.17, 15) is 24.9 Å². The van der Waals surface area contributed by atoms with Crippen molar-refractivity contribution in [2.24, 2.45) is 5.92 Å². The monoisotopic (exact) mass is 427 g/mol. The number of nitrogens with one attached hydrogen (secondary N) is 1. The molecule has 10 nitrogen and oxygen atoms in total. The third-order valence-electron chi connectivity index (χ3n) is 4.40. The Morgan fingerprint density at radius 2 is 1.77 bits per heavy atom. The Kier molecular flexibility index (Phi) is 8.02. The number of aliphatic hydroxyl groups excluding tert-OH is 3. The molecule has 30 heavy (non-hydrogen) atoms. The number of anilines is 1. The van der Waals surface area contributed by atoms with E-state index in [1.807, 2.05) is 13.8 Å². The average Bonchev–Trinajstić information content (AvgIpc) is 2.67. The van der Waals surface area contributed by atoms with E-state index in [1.54, 1.807) is 32.0 Å². The van der Waals surface area contributed by atoms with Gasteiger partial charge >= 0.3 is 11.9 Å². The maximum Gasteiger partial charge on any atom is 0.335 e. The van der Waals surface area contributed by atoms with E-state index in [2.05, 4.69) is 5.32 Å². The number of rotatable bonds is 8. The summed E-state index contributed by atoms with van der Waals surface area (Å²) in [4.78, 5) is 22.9. The molecule has 0 amide bonds. The molecule has 1 aliphatic rings. The minimum absolute atomic E-state index is 0.00260. The second kappa shape index (κ2) is 10.1. The molecule has 1 aliphatic heterocycles. The normalized spacial score (nSPS) is 26.5. The summed E-state index contributed by atoms with van der Waals surface area (Å²) in [6, 6.07) is 4.88. The van der Waals surface area contributed by atoms with Gasteiger partial charge in [-0.25, -0.2) is 4.79 Å². The molecular weight excluding hydrogens is 398 g/mol. The predicted octanol–water partition coefficient (Wildman–Crippen LogP) is 0.477. The summed E-state index contributed by atoms with van der Waals surface area (Å²) in [5.41, 5.74) is 1.18. The van der Waals surface area contributed by atoms with Crippen LogP contribution in [0, 0.1) is 5.92 Å². The molecule has 0 unspecified atom stereocenters. The number of ether oxygens (including phenoxy) is 3. The summed E-state index contributed by atoms with van der Waals surface area (Å²) in [5, 5.41) is 42.2. The largest absolute Gasteiger partial charge is 0.479 e. The topological polar surface area (TPSA) is 155 Å². The number of carbonyl (C=O) groups excluding carboxylic acids is 1. The molecule has 1 heterocycles. The lowest BCUT2D eigenvalue weighted by atomic mass is 9.99. The van der Waals surface area contributed by atoms with Gasteiger partial charge in [-0.3, -0.25) is 4.79 Å². The second-order valence-electron chi connectivity index (χ2n) is 7.74. The number of hydrogen-bond donors (Lipinski definition) is 5. The van der Waals surface area contributed by atoms with Crippen molar-refractivity contribution in [2.45, 2.75) is 71.0 Å². The van der Waals surface area contributed by atoms with Crippen molar-refractivity contribution in [1.82, 2.24) is 0 Å². The van der Waals surface area contributed by atoms with Crippen LogP contribution in [0.2, 0.25) is 0 Å². The molecule has 1 aromatic rings. The maximum absolute atomic E-state index is 11.7. The number of aliphatic carboxylic acids is 1. The van der Waals surface area contributed by atoms with Gasteiger partial charge < -0.3 is 40.0 Å². The quantitative estimate of drug-likeness (QED) is 0.370. The van der Waals surface area contributed by atoms with Crippen LogP contribution in [0.5, 0.6) is 5.75 Å². The lowest BCUT2D eigenvalue weighted by molar-refractivity contribution is -0.271. The second-order valence-corrected chi connectivity index (χ2v) is 7.74. The highest BCUT2D eigenvalue weighted by molar-refractivity contribution is 5.73. The Bertz CT molecular complexity index is 752. The van der Waals surface area contributed by atoms with Gasteiger partial charge in [0.2, 0.25) is 6.29 Å². The van der Waals surface area contributed by atoms with Crippen LogP contribution in [0.25, 0.3) is 0 Å². The summed E-state index contributed by atoms with van der Waals surface area (Å²) < 4.78 is 16.0. The molecule has 0 radical (unpaired) electrons. The molecule has 2 rings (SSSR count). The Hall–Kier alpha value is -2.40. The standard InChI is InChI=1S/C20H29NO9/c1-9(2)19(27)28-8-11-5-6-13(12(7-11)21-10(3)4)29-20-16(24)14(22)15(23)17(30-20)18(25)26/h5-7,9-10,14-17,20-24H,8H2,1-4H3,(H,25,26)/t14-,15-,16+,17-,20+/m1/s1. The number of aliphatic hydroxyl groups is 3. The molecule has 10 heteroatoms. The molecule has 1 aromatic carbocycles. The molecule has 5 atom stereocenters. The molecular formula is C20H29NO9. The van der Waals surface area contributed by atoms with Crippen LogP contribution in [0.1, 0.15) is 33.3 Å². The Balaban J connectivity index is 2.22. The molecule has 1 fully saturated rings. The summed E-state index contributed by atoms with van der Waals surface area (Å²) in [6.45, 7) is 7.30. The molecule has 1 saturated heterocycles. The van der Waals surface area contributed by atoms with Crippen LogP contribution in [-0.4, -0.2) is 69.1 Å². The van der Waals surface area contributed by atoms with Crippen molar-refractivity contribution in [1.29, 1.82) is 0 Å². The van der Waals surface area contributed by atoms with Crippen molar-refractivity contribution in [3.8, 4) is 5.75 Å². The van der Waals surface area contributed by atoms with Gasteiger partial charge in [-0.15, -0.1) is 0 Å². The van der Waals surface area contributed by atoms with Gasteiger partial charge in [-0.05, 0) is 31.5 Å². The molecule has 0 bridgehead atoms. The molecule has 5 N–H and O–H groups in total. The number of hydrogen-bond acceptors (Lipinski definition) is 9. The highest BCUT2D eigenvalue weighted by atomic mass is 16.7. The molecule has 0 spiro atoms. The number of carboxylic acid groups (broad SMARTS) is 1. The third-order valence-corrected chi connectivity index (χ3v) is 4.40. The first-order valence-corrected chi connectivity index (χ1v) is 9.66. The molecule has 168 valence electrons. The van der Waals surface area contributed by atoms with E-state index in [4.69, 9.17) is 19.3 Å². The van der Waals surface area contributed by atoms with E-state index in [1.165, 1.54) is 0 Å². The van der Waals surface area contributed by atoms with Gasteiger partial charge in [0.15, 0.2) is 6.10 Å². The summed E-state index contributed by atoms with van der Waals surface area (Å²) in [6.07, 6.45) is -8.52. The molecule has 0 aliphatic carbocycles. The predicted molar refractivity (Wildman–Crippen MR) is 105 cm³/mol. The third kappa shape index (κ3) is 5.82. The van der Waals surface area contributed by atoms with Crippen molar-refractivity contribution >= 4 is 17.6 Å². The van der Waals surface area contributed by atoms with Crippen molar-refractivity contribution < 1.29 is 44.2 Å². The number of esters is 1. The van der Waals surface area contributed by atoms with E-state index in [0.717, 1.165) is 0 Å². The molecule has 0 saturated carbocycles. The van der Waals surface area contributed by atoms with Crippen LogP contribution >= 0.6 is 0 Å². The van der Waals surface area contributed by atoms with Gasteiger partial charge in [-0.1, -0.05) is 19.9 Å². The summed E-state index contributed by atoms with van der Waals surface area (Å²) in [5.74, 6) is -1.86. The lowest BCUT2D eigenvalue weighted by Crippen LogP contribution is -2.61. The Morgan fingerprint density at radius 3 is 2.33 bits per heavy atom. The highest BCUT2D eigenvalue weighted by Crippen LogP contribution is 2.31. The van der Waals surface area contributed by atoms with Gasteiger partial charge in [0.25, 0.3) is 0 Å². The van der Waals surface area contributed by atoms with Gasteiger partial charge in [0, 0.05) is 6.04 Å². The Morgan fingerprint density at radius 1 is 1.10 bits per heavy atom. The van der Waals surface area contributed by atoms with Crippen molar-refractivity contribution in [2.75, 3.05) is 5.32 Å². The van der Waals surface area contributed by atoms with Crippen LogP contribution < -0.4 is 10.1 Å². The van der Waals surface area contributed by atoms with Crippen molar-refractivity contribution in [3.63, 3.8) is 0 Å². The van der Waals surface area contributed by atoms with E-state index < -0.39 is 36.7 Å². The fraction of sp³-hybridized carbons (Fsp3) is 0.600. The summed E-state index contributed by atoms with van der Waals surface area (Å²) >= 11 is 0. The zero-order valence-corrected chi connectivity index (χ0v) is 17.3.